The highest BCUT2D eigenvalue weighted by Gasteiger charge is 2.27. The molecule has 0 unspecified atom stereocenters. The summed E-state index contributed by atoms with van der Waals surface area (Å²) in [6.45, 7) is 5.70. The van der Waals surface area contributed by atoms with Crippen molar-refractivity contribution in [3.05, 3.63) is 36.5 Å². The maximum absolute atomic E-state index is 12.5. The zero-order chi connectivity index (χ0) is 37.0. The molecule has 0 spiro atoms. The van der Waals surface area contributed by atoms with E-state index in [0.717, 1.165) is 44.4 Å². The van der Waals surface area contributed by atoms with Crippen molar-refractivity contribution in [1.29, 1.82) is 0 Å². The van der Waals surface area contributed by atoms with E-state index in [4.69, 9.17) is 19.3 Å². The number of ketones is 1. The van der Waals surface area contributed by atoms with Crippen LogP contribution in [-0.4, -0.2) is 58.0 Å². The Hall–Kier alpha value is -2.10. The average molecular weight is 727 g/mol. The van der Waals surface area contributed by atoms with Gasteiger partial charge in [-0.05, 0) is 50.0 Å². The molecular formula is C39H67O10P. The van der Waals surface area contributed by atoms with Crippen LogP contribution in [0, 0.1) is 17.8 Å². The zero-order valence-corrected chi connectivity index (χ0v) is 31.9. The van der Waals surface area contributed by atoms with Gasteiger partial charge in [0.25, 0.3) is 0 Å². The third-order valence-corrected chi connectivity index (χ3v) is 9.32. The normalized spacial score (nSPS) is 17.7. The average Bonchev–Trinajstić information content (AvgIpc) is 3.41. The summed E-state index contributed by atoms with van der Waals surface area (Å²) in [5, 5.41) is 10.2. The lowest BCUT2D eigenvalue weighted by Crippen LogP contribution is -2.29. The molecule has 0 radical (unpaired) electrons. The predicted octanol–water partition coefficient (Wildman–Crippen LogP) is 8.87. The Bertz CT molecular complexity index is 1060. The van der Waals surface area contributed by atoms with Crippen molar-refractivity contribution in [2.75, 3.05) is 13.2 Å². The van der Waals surface area contributed by atoms with Crippen LogP contribution in [0.15, 0.2) is 36.5 Å². The van der Waals surface area contributed by atoms with E-state index in [0.29, 0.717) is 32.1 Å². The number of rotatable bonds is 31. The van der Waals surface area contributed by atoms with Gasteiger partial charge in [0.1, 0.15) is 6.61 Å². The van der Waals surface area contributed by atoms with Gasteiger partial charge >= 0.3 is 19.8 Å². The number of carbonyl (C=O) groups excluding carboxylic acids is 3. The van der Waals surface area contributed by atoms with Crippen LogP contribution in [0.1, 0.15) is 149 Å². The molecule has 0 heterocycles. The Morgan fingerprint density at radius 2 is 1.46 bits per heavy atom. The molecule has 1 aliphatic carbocycles. The van der Waals surface area contributed by atoms with Gasteiger partial charge in [-0.25, -0.2) is 4.57 Å². The van der Waals surface area contributed by atoms with E-state index in [2.05, 4.69) is 25.3 Å². The first-order chi connectivity index (χ1) is 23.9. The molecule has 50 heavy (non-hydrogen) atoms. The van der Waals surface area contributed by atoms with E-state index in [9.17, 15) is 24.1 Å². The van der Waals surface area contributed by atoms with E-state index in [-0.39, 0.29) is 37.1 Å². The number of hydrogen-bond acceptors (Lipinski definition) is 8. The van der Waals surface area contributed by atoms with Crippen LogP contribution in [0.2, 0.25) is 0 Å². The monoisotopic (exact) mass is 726 g/mol. The maximum atomic E-state index is 12.5. The number of aliphatic hydroxyl groups excluding tert-OH is 1. The number of phosphoric acid groups is 1. The highest BCUT2D eigenvalue weighted by molar-refractivity contribution is 7.46. The van der Waals surface area contributed by atoms with Gasteiger partial charge in [-0.3, -0.25) is 18.9 Å². The van der Waals surface area contributed by atoms with Gasteiger partial charge in [0, 0.05) is 18.8 Å². The molecule has 0 saturated heterocycles. The standard InChI is InChI=1S/C39H67O10P/c1-4-5-16-23-34(40)27-28-36-33(26-29-37(36)41)22-18-14-15-20-25-39(43)49-35(31-48-50(44,45)46)30-47-38(42)24-19-13-11-9-7-6-8-10-12-17-21-32(2)3/h14,18,26-29,32-36,40H,4-13,15-17,19-25,30-31H2,1-3H3,(H2,44,45,46)/b18-14-,28-27+/t33-,34-,35+,36+/m0/s1. The minimum Gasteiger partial charge on any atom is -0.462 e. The minimum atomic E-state index is -4.81. The molecule has 0 fully saturated rings. The Kier molecular flexibility index (Phi) is 26.2. The summed E-state index contributed by atoms with van der Waals surface area (Å²) >= 11 is 0. The van der Waals surface area contributed by atoms with Crippen molar-refractivity contribution in [2.24, 2.45) is 17.8 Å². The molecule has 0 aliphatic heterocycles. The fourth-order valence-corrected chi connectivity index (χ4v) is 6.20. The van der Waals surface area contributed by atoms with Gasteiger partial charge in [-0.2, -0.15) is 0 Å². The number of unbranched alkanes of at least 4 members (excludes halogenated alkanes) is 12. The molecular weight excluding hydrogens is 659 g/mol. The number of carbonyl (C=O) groups is 3. The molecule has 0 bridgehead atoms. The lowest BCUT2D eigenvalue weighted by atomic mass is 9.90. The summed E-state index contributed by atoms with van der Waals surface area (Å²) in [6.07, 6.45) is 27.9. The fraction of sp³-hybridized carbons (Fsp3) is 0.769. The molecule has 10 nitrogen and oxygen atoms in total. The van der Waals surface area contributed by atoms with Crippen molar-refractivity contribution >= 4 is 25.5 Å². The lowest BCUT2D eigenvalue weighted by Gasteiger charge is -2.18. The number of aliphatic hydroxyl groups is 1. The van der Waals surface area contributed by atoms with Gasteiger partial charge in [-0.15, -0.1) is 0 Å². The van der Waals surface area contributed by atoms with E-state index >= 15 is 0 Å². The molecule has 1 aliphatic rings. The number of esters is 2. The second-order valence-electron chi connectivity index (χ2n) is 14.0. The van der Waals surface area contributed by atoms with Gasteiger partial charge in [0.2, 0.25) is 0 Å². The second-order valence-corrected chi connectivity index (χ2v) is 15.3. The Morgan fingerprint density at radius 3 is 2.10 bits per heavy atom. The summed E-state index contributed by atoms with van der Waals surface area (Å²) in [5.74, 6) is -0.487. The topological polar surface area (TPSA) is 157 Å². The first-order valence-corrected chi connectivity index (χ1v) is 20.7. The molecule has 0 saturated carbocycles. The highest BCUT2D eigenvalue weighted by Crippen LogP contribution is 2.36. The van der Waals surface area contributed by atoms with Gasteiger partial charge in [0.15, 0.2) is 11.9 Å². The fourth-order valence-electron chi connectivity index (χ4n) is 5.84. The van der Waals surface area contributed by atoms with Crippen LogP contribution in [0.4, 0.5) is 0 Å². The number of hydrogen-bond donors (Lipinski definition) is 3. The van der Waals surface area contributed by atoms with Crippen molar-refractivity contribution in [3.8, 4) is 0 Å². The molecule has 0 aromatic heterocycles. The summed E-state index contributed by atoms with van der Waals surface area (Å²) < 4.78 is 26.3. The second kappa shape index (κ2) is 28.5. The van der Waals surface area contributed by atoms with Crippen LogP contribution >= 0.6 is 7.82 Å². The third-order valence-electron chi connectivity index (χ3n) is 8.84. The molecule has 4 atom stereocenters. The van der Waals surface area contributed by atoms with Crippen LogP contribution in [0.25, 0.3) is 0 Å². The van der Waals surface area contributed by atoms with Crippen LogP contribution in [0.5, 0.6) is 0 Å². The summed E-state index contributed by atoms with van der Waals surface area (Å²) in [4.78, 5) is 55.2. The van der Waals surface area contributed by atoms with E-state index in [1.54, 1.807) is 12.2 Å². The largest absolute Gasteiger partial charge is 0.469 e. The minimum absolute atomic E-state index is 0.0179. The van der Waals surface area contributed by atoms with Gasteiger partial charge < -0.3 is 24.4 Å². The maximum Gasteiger partial charge on any atom is 0.469 e. The SMILES string of the molecule is CCCCC[C@H](O)/C=C/[C@H]1C(=O)C=C[C@@H]1C/C=C\CCCC(=O)O[C@H](COC(=O)CCCCCCCCCCCCC(C)C)COP(=O)(O)O. The van der Waals surface area contributed by atoms with Gasteiger partial charge in [-0.1, -0.05) is 135 Å². The quantitative estimate of drug-likeness (QED) is 0.0273. The summed E-state index contributed by atoms with van der Waals surface area (Å²) in [5.41, 5.74) is 0. The molecule has 1 rings (SSSR count). The smallest absolute Gasteiger partial charge is 0.462 e. The highest BCUT2D eigenvalue weighted by atomic mass is 31.2. The third kappa shape index (κ3) is 25.8. The first kappa shape index (κ1) is 45.9. The Labute approximate surface area is 301 Å². The number of phosphoric ester groups is 1. The van der Waals surface area contributed by atoms with Crippen LogP contribution in [0.3, 0.4) is 0 Å². The Morgan fingerprint density at radius 1 is 0.840 bits per heavy atom. The molecule has 11 heteroatoms. The molecule has 288 valence electrons. The zero-order valence-electron chi connectivity index (χ0n) is 31.1. The first-order valence-electron chi connectivity index (χ1n) is 19.2. The van der Waals surface area contributed by atoms with E-state index in [1.165, 1.54) is 44.9 Å². The van der Waals surface area contributed by atoms with Crippen LogP contribution in [-0.2, 0) is 32.9 Å². The van der Waals surface area contributed by atoms with Crippen molar-refractivity contribution in [2.45, 2.75) is 161 Å². The molecule has 3 N–H and O–H groups in total. The van der Waals surface area contributed by atoms with Gasteiger partial charge in [0.05, 0.1) is 12.7 Å². The van der Waals surface area contributed by atoms with E-state index < -0.39 is 38.6 Å². The lowest BCUT2D eigenvalue weighted by molar-refractivity contribution is -0.161. The molecule has 0 amide bonds. The van der Waals surface area contributed by atoms with E-state index in [1.807, 2.05) is 24.3 Å². The molecule has 0 aromatic carbocycles. The molecule has 0 aromatic rings. The van der Waals surface area contributed by atoms with Crippen molar-refractivity contribution < 1.29 is 47.8 Å². The summed E-state index contributed by atoms with van der Waals surface area (Å²) in [7, 11) is -4.81. The number of ether oxygens (including phenoxy) is 2. The van der Waals surface area contributed by atoms with Crippen LogP contribution < -0.4 is 0 Å². The predicted molar refractivity (Wildman–Crippen MR) is 197 cm³/mol. The van der Waals surface area contributed by atoms with Crippen molar-refractivity contribution in [1.82, 2.24) is 0 Å². The summed E-state index contributed by atoms with van der Waals surface area (Å²) in [6, 6.07) is 0. The Balaban J connectivity index is 2.30. The number of allylic oxidation sites excluding steroid dienone is 5. The van der Waals surface area contributed by atoms with Crippen molar-refractivity contribution in [3.63, 3.8) is 0 Å².